The van der Waals surface area contributed by atoms with Crippen LogP contribution in [-0.2, 0) is 14.6 Å². The summed E-state index contributed by atoms with van der Waals surface area (Å²) >= 11 is 1.12. The molecule has 0 spiro atoms. The van der Waals surface area contributed by atoms with E-state index in [1.165, 1.54) is 0 Å². The van der Waals surface area contributed by atoms with Gasteiger partial charge in [-0.3, -0.25) is 4.79 Å². The average molecular weight is 319 g/mol. The molecule has 0 amide bonds. The van der Waals surface area contributed by atoms with Gasteiger partial charge in [0.25, 0.3) is 0 Å². The van der Waals surface area contributed by atoms with E-state index in [1.807, 2.05) is 13.8 Å². The maximum atomic E-state index is 11.6. The lowest BCUT2D eigenvalue weighted by Gasteiger charge is -2.25. The molecule has 1 aromatic rings. The number of nitrogens with zero attached hydrogens (tertiary/aromatic N) is 3. The summed E-state index contributed by atoms with van der Waals surface area (Å²) in [6.45, 7) is 3.65. The van der Waals surface area contributed by atoms with Gasteiger partial charge in [0.15, 0.2) is 9.84 Å². The van der Waals surface area contributed by atoms with Crippen molar-refractivity contribution in [2.24, 2.45) is 0 Å². The van der Waals surface area contributed by atoms with Crippen LogP contribution in [0.4, 0.5) is 5.13 Å². The Morgan fingerprint density at radius 2 is 2.25 bits per heavy atom. The van der Waals surface area contributed by atoms with Gasteiger partial charge in [-0.25, -0.2) is 13.4 Å². The van der Waals surface area contributed by atoms with Crippen LogP contribution >= 0.6 is 11.5 Å². The molecule has 0 radical (unpaired) electrons. The molecule has 1 fully saturated rings. The van der Waals surface area contributed by atoms with E-state index in [0.717, 1.165) is 11.5 Å². The zero-order valence-corrected chi connectivity index (χ0v) is 12.9. The molecule has 1 unspecified atom stereocenters. The molecule has 112 valence electrons. The Morgan fingerprint density at radius 3 is 2.70 bits per heavy atom. The summed E-state index contributed by atoms with van der Waals surface area (Å²) in [4.78, 5) is 16.9. The number of carbonyl (C=O) groups is 1. The number of hydrogen-bond acceptors (Lipinski definition) is 7. The third-order valence-corrected chi connectivity index (χ3v) is 5.67. The SMILES string of the molecule is CC(C)c1nsc(N(CC(=O)O)C2CCS(=O)(=O)C2)n1. The molecule has 1 atom stereocenters. The summed E-state index contributed by atoms with van der Waals surface area (Å²) in [5.74, 6) is -0.114. The van der Waals surface area contributed by atoms with Crippen molar-refractivity contribution in [2.45, 2.75) is 32.2 Å². The smallest absolute Gasteiger partial charge is 0.323 e. The van der Waals surface area contributed by atoms with Gasteiger partial charge in [0.1, 0.15) is 12.4 Å². The zero-order chi connectivity index (χ0) is 14.9. The van der Waals surface area contributed by atoms with Crippen LogP contribution in [0.15, 0.2) is 0 Å². The first-order valence-corrected chi connectivity index (χ1v) is 8.90. The van der Waals surface area contributed by atoms with Crippen LogP contribution in [0, 0.1) is 0 Å². The van der Waals surface area contributed by atoms with Crippen LogP contribution in [0.3, 0.4) is 0 Å². The van der Waals surface area contributed by atoms with Gasteiger partial charge >= 0.3 is 5.97 Å². The van der Waals surface area contributed by atoms with Crippen LogP contribution in [0.1, 0.15) is 32.0 Å². The molecular formula is C11H17N3O4S2. The van der Waals surface area contributed by atoms with Gasteiger partial charge in [0.2, 0.25) is 5.13 Å². The first kappa shape index (κ1) is 15.2. The summed E-state index contributed by atoms with van der Waals surface area (Å²) in [5, 5.41) is 9.50. The van der Waals surface area contributed by atoms with E-state index in [1.54, 1.807) is 4.90 Å². The predicted molar refractivity (Wildman–Crippen MR) is 76.0 cm³/mol. The topological polar surface area (TPSA) is 100 Å². The number of carboxylic acids is 1. The molecule has 2 heterocycles. The van der Waals surface area contributed by atoms with Crippen molar-refractivity contribution in [3.05, 3.63) is 5.82 Å². The fourth-order valence-electron chi connectivity index (χ4n) is 2.10. The van der Waals surface area contributed by atoms with Gasteiger partial charge in [-0.15, -0.1) is 0 Å². The van der Waals surface area contributed by atoms with Crippen molar-refractivity contribution in [1.29, 1.82) is 0 Å². The number of sulfone groups is 1. The van der Waals surface area contributed by atoms with E-state index < -0.39 is 15.8 Å². The molecule has 1 N–H and O–H groups in total. The molecule has 2 rings (SSSR count). The van der Waals surface area contributed by atoms with Crippen molar-refractivity contribution < 1.29 is 18.3 Å². The van der Waals surface area contributed by atoms with Crippen molar-refractivity contribution in [3.63, 3.8) is 0 Å². The third-order valence-electron chi connectivity index (χ3n) is 3.15. The largest absolute Gasteiger partial charge is 0.480 e. The Bertz CT molecular complexity index is 597. The highest BCUT2D eigenvalue weighted by atomic mass is 32.2. The van der Waals surface area contributed by atoms with Gasteiger partial charge in [0.05, 0.1) is 11.5 Å². The Hall–Kier alpha value is -1.22. The molecule has 1 aliphatic rings. The lowest BCUT2D eigenvalue weighted by atomic mass is 10.2. The highest BCUT2D eigenvalue weighted by molar-refractivity contribution is 7.91. The van der Waals surface area contributed by atoms with Crippen LogP contribution in [-0.4, -0.2) is 52.9 Å². The fourth-order valence-corrected chi connectivity index (χ4v) is 4.71. The highest BCUT2D eigenvalue weighted by Gasteiger charge is 2.34. The minimum atomic E-state index is -3.07. The second-order valence-corrected chi connectivity index (χ2v) is 8.13. The summed E-state index contributed by atoms with van der Waals surface area (Å²) in [5.41, 5.74) is 0. The van der Waals surface area contributed by atoms with Crippen molar-refractivity contribution in [3.8, 4) is 0 Å². The summed E-state index contributed by atoms with van der Waals surface area (Å²) < 4.78 is 27.3. The Labute approximate surface area is 121 Å². The van der Waals surface area contributed by atoms with E-state index in [2.05, 4.69) is 9.36 Å². The molecule has 0 bridgehead atoms. The number of carboxylic acid groups (broad SMARTS) is 1. The molecule has 7 nitrogen and oxygen atoms in total. The van der Waals surface area contributed by atoms with Crippen molar-refractivity contribution in [2.75, 3.05) is 23.0 Å². The minimum absolute atomic E-state index is 0.0170. The number of aliphatic carboxylic acids is 1. The monoisotopic (exact) mass is 319 g/mol. The van der Waals surface area contributed by atoms with E-state index >= 15 is 0 Å². The van der Waals surface area contributed by atoms with E-state index in [9.17, 15) is 13.2 Å². The molecule has 0 saturated carbocycles. The molecular weight excluding hydrogens is 302 g/mol. The standard InChI is InChI=1S/C11H17N3O4S2/c1-7(2)10-12-11(19-13-10)14(5-9(15)16)8-3-4-20(17,18)6-8/h7-8H,3-6H2,1-2H3,(H,15,16). The number of hydrogen-bond donors (Lipinski definition) is 1. The van der Waals surface area contributed by atoms with Gasteiger partial charge in [-0.05, 0) is 6.42 Å². The number of aromatic nitrogens is 2. The van der Waals surface area contributed by atoms with Gasteiger partial charge < -0.3 is 10.0 Å². The summed E-state index contributed by atoms with van der Waals surface area (Å²) in [7, 11) is -3.07. The summed E-state index contributed by atoms with van der Waals surface area (Å²) in [6, 6.07) is -0.330. The van der Waals surface area contributed by atoms with E-state index in [0.29, 0.717) is 17.4 Å². The van der Waals surface area contributed by atoms with Crippen LogP contribution < -0.4 is 4.90 Å². The highest BCUT2D eigenvalue weighted by Crippen LogP contribution is 2.27. The second kappa shape index (κ2) is 5.65. The Morgan fingerprint density at radius 1 is 1.55 bits per heavy atom. The second-order valence-electron chi connectivity index (χ2n) is 5.17. The molecule has 9 heteroatoms. The maximum absolute atomic E-state index is 11.6. The lowest BCUT2D eigenvalue weighted by molar-refractivity contribution is -0.135. The van der Waals surface area contributed by atoms with Crippen LogP contribution in [0.5, 0.6) is 0 Å². The normalized spacial score (nSPS) is 21.2. The van der Waals surface area contributed by atoms with E-state index in [4.69, 9.17) is 5.11 Å². The fraction of sp³-hybridized carbons (Fsp3) is 0.727. The molecule has 1 saturated heterocycles. The van der Waals surface area contributed by atoms with Crippen molar-refractivity contribution >= 4 is 32.5 Å². The van der Waals surface area contributed by atoms with Gasteiger partial charge in [-0.1, -0.05) is 13.8 Å². The lowest BCUT2D eigenvalue weighted by Crippen LogP contribution is -2.40. The van der Waals surface area contributed by atoms with Gasteiger partial charge in [0, 0.05) is 23.5 Å². The maximum Gasteiger partial charge on any atom is 0.323 e. The molecule has 1 aliphatic heterocycles. The number of anilines is 1. The molecule has 0 aromatic carbocycles. The first-order chi connectivity index (χ1) is 9.28. The Balaban J connectivity index is 2.25. The van der Waals surface area contributed by atoms with E-state index in [-0.39, 0.29) is 30.0 Å². The quantitative estimate of drug-likeness (QED) is 0.854. The average Bonchev–Trinajstić information content (AvgIpc) is 2.92. The predicted octanol–water partition coefficient (Wildman–Crippen LogP) is 0.740. The van der Waals surface area contributed by atoms with Crippen LogP contribution in [0.2, 0.25) is 0 Å². The first-order valence-electron chi connectivity index (χ1n) is 6.31. The van der Waals surface area contributed by atoms with Gasteiger partial charge in [-0.2, -0.15) is 4.37 Å². The molecule has 0 aliphatic carbocycles. The van der Waals surface area contributed by atoms with Crippen molar-refractivity contribution in [1.82, 2.24) is 9.36 Å². The minimum Gasteiger partial charge on any atom is -0.480 e. The van der Waals surface area contributed by atoms with Crippen LogP contribution in [0.25, 0.3) is 0 Å². The zero-order valence-electron chi connectivity index (χ0n) is 11.3. The molecule has 20 heavy (non-hydrogen) atoms. The summed E-state index contributed by atoms with van der Waals surface area (Å²) in [6.07, 6.45) is 0.437. The Kier molecular flexibility index (Phi) is 4.28. The number of rotatable bonds is 5. The third kappa shape index (κ3) is 3.45. The molecule has 1 aromatic heterocycles.